The number of benzene rings is 2. The van der Waals surface area contributed by atoms with Gasteiger partial charge in [0, 0.05) is 6.07 Å². The standard InChI is InChI=1S/C16H11Cl3N2O3S/c1-10-7-16(21(20-10)11-5-3-2-4-6-11)24-25(22,23)15-9-13(18)12(17)8-14(15)19/h2-9H,1H3. The molecule has 0 aliphatic heterocycles. The Labute approximate surface area is 159 Å². The first-order chi connectivity index (χ1) is 11.8. The molecule has 0 unspecified atom stereocenters. The van der Waals surface area contributed by atoms with Gasteiger partial charge in [0.25, 0.3) is 0 Å². The predicted octanol–water partition coefficient (Wildman–Crippen LogP) is 4.91. The normalized spacial score (nSPS) is 11.5. The molecule has 0 saturated heterocycles. The molecule has 3 aromatic rings. The van der Waals surface area contributed by atoms with Gasteiger partial charge in [-0.1, -0.05) is 53.0 Å². The minimum absolute atomic E-state index is 0.0332. The summed E-state index contributed by atoms with van der Waals surface area (Å²) in [6.07, 6.45) is 0. The van der Waals surface area contributed by atoms with Crippen LogP contribution in [-0.2, 0) is 10.1 Å². The number of rotatable bonds is 4. The van der Waals surface area contributed by atoms with Gasteiger partial charge >= 0.3 is 10.1 Å². The van der Waals surface area contributed by atoms with Gasteiger partial charge in [-0.3, -0.25) is 0 Å². The molecule has 0 radical (unpaired) electrons. The lowest BCUT2D eigenvalue weighted by atomic mass is 10.3. The molecule has 130 valence electrons. The topological polar surface area (TPSA) is 61.2 Å². The van der Waals surface area contributed by atoms with Crippen LogP contribution in [0.5, 0.6) is 5.88 Å². The van der Waals surface area contributed by atoms with E-state index in [1.165, 1.54) is 16.8 Å². The molecule has 9 heteroatoms. The first kappa shape index (κ1) is 18.1. The van der Waals surface area contributed by atoms with Crippen molar-refractivity contribution in [2.45, 2.75) is 11.8 Å². The zero-order chi connectivity index (χ0) is 18.2. The van der Waals surface area contributed by atoms with Crippen molar-refractivity contribution in [3.8, 4) is 11.6 Å². The number of para-hydroxylation sites is 1. The highest BCUT2D eigenvalue weighted by atomic mass is 35.5. The summed E-state index contributed by atoms with van der Waals surface area (Å²) in [6, 6.07) is 12.9. The van der Waals surface area contributed by atoms with E-state index >= 15 is 0 Å². The number of halogens is 3. The molecule has 0 N–H and O–H groups in total. The Bertz CT molecular complexity index is 1030. The van der Waals surface area contributed by atoms with E-state index in [1.54, 1.807) is 31.2 Å². The van der Waals surface area contributed by atoms with E-state index in [1.807, 2.05) is 6.07 Å². The number of aryl methyl sites for hydroxylation is 1. The van der Waals surface area contributed by atoms with Crippen LogP contribution in [0.1, 0.15) is 5.69 Å². The van der Waals surface area contributed by atoms with E-state index in [0.717, 1.165) is 6.07 Å². The van der Waals surface area contributed by atoms with Crippen LogP contribution in [0.15, 0.2) is 53.4 Å². The van der Waals surface area contributed by atoms with Crippen LogP contribution in [0.4, 0.5) is 0 Å². The van der Waals surface area contributed by atoms with E-state index in [2.05, 4.69) is 5.10 Å². The summed E-state index contributed by atoms with van der Waals surface area (Å²) in [5.74, 6) is 0.0332. The molecule has 0 aliphatic rings. The third kappa shape index (κ3) is 3.77. The quantitative estimate of drug-likeness (QED) is 0.447. The zero-order valence-electron chi connectivity index (χ0n) is 12.8. The minimum Gasteiger partial charge on any atom is -0.358 e. The van der Waals surface area contributed by atoms with Crippen LogP contribution in [0.2, 0.25) is 15.1 Å². The molecule has 3 rings (SSSR count). The molecule has 0 spiro atoms. The molecule has 0 saturated carbocycles. The monoisotopic (exact) mass is 416 g/mol. The van der Waals surface area contributed by atoms with E-state index in [4.69, 9.17) is 39.0 Å². The summed E-state index contributed by atoms with van der Waals surface area (Å²) < 4.78 is 31.9. The number of aromatic nitrogens is 2. The van der Waals surface area contributed by atoms with Crippen molar-refractivity contribution in [1.29, 1.82) is 0 Å². The highest BCUT2D eigenvalue weighted by Gasteiger charge is 2.24. The van der Waals surface area contributed by atoms with Crippen LogP contribution in [0, 0.1) is 6.92 Å². The highest BCUT2D eigenvalue weighted by molar-refractivity contribution is 7.87. The fourth-order valence-corrected chi connectivity index (χ4v) is 4.03. The molecule has 1 aromatic heterocycles. The summed E-state index contributed by atoms with van der Waals surface area (Å²) in [5.41, 5.74) is 1.25. The van der Waals surface area contributed by atoms with Crippen molar-refractivity contribution in [2.24, 2.45) is 0 Å². The number of nitrogens with zero attached hydrogens (tertiary/aromatic N) is 2. The molecule has 0 aliphatic carbocycles. The first-order valence-corrected chi connectivity index (χ1v) is 9.53. The summed E-state index contributed by atoms with van der Waals surface area (Å²) in [6.45, 7) is 1.73. The molecular weight excluding hydrogens is 407 g/mol. The van der Waals surface area contributed by atoms with E-state index in [-0.39, 0.29) is 25.8 Å². The fraction of sp³-hybridized carbons (Fsp3) is 0.0625. The summed E-state index contributed by atoms with van der Waals surface area (Å²) in [7, 11) is -4.24. The Balaban J connectivity index is 2.05. The smallest absolute Gasteiger partial charge is 0.342 e. The minimum atomic E-state index is -4.24. The second-order valence-corrected chi connectivity index (χ2v) is 7.84. The third-order valence-corrected chi connectivity index (χ3v) is 5.65. The van der Waals surface area contributed by atoms with Gasteiger partial charge in [-0.2, -0.15) is 18.2 Å². The second kappa shape index (κ2) is 6.88. The second-order valence-electron chi connectivity index (χ2n) is 5.11. The van der Waals surface area contributed by atoms with Gasteiger partial charge in [-0.05, 0) is 31.2 Å². The van der Waals surface area contributed by atoms with Gasteiger partial charge in [0.1, 0.15) is 4.90 Å². The first-order valence-electron chi connectivity index (χ1n) is 6.99. The third-order valence-electron chi connectivity index (χ3n) is 3.24. The van der Waals surface area contributed by atoms with Crippen molar-refractivity contribution in [2.75, 3.05) is 0 Å². The summed E-state index contributed by atoms with van der Waals surface area (Å²) in [4.78, 5) is -0.276. The number of hydrogen-bond acceptors (Lipinski definition) is 4. The van der Waals surface area contributed by atoms with E-state index in [9.17, 15) is 8.42 Å². The van der Waals surface area contributed by atoms with Crippen LogP contribution in [-0.4, -0.2) is 18.2 Å². The van der Waals surface area contributed by atoms with Crippen molar-refractivity contribution >= 4 is 44.9 Å². The molecule has 0 bridgehead atoms. The van der Waals surface area contributed by atoms with Crippen molar-refractivity contribution < 1.29 is 12.6 Å². The molecule has 5 nitrogen and oxygen atoms in total. The maximum absolute atomic E-state index is 12.6. The van der Waals surface area contributed by atoms with E-state index < -0.39 is 10.1 Å². The van der Waals surface area contributed by atoms with Gasteiger partial charge in [0.05, 0.1) is 26.4 Å². The SMILES string of the molecule is Cc1cc(OS(=O)(=O)c2cc(Cl)c(Cl)cc2Cl)n(-c2ccccc2)n1. The van der Waals surface area contributed by atoms with Crippen LogP contribution in [0.3, 0.4) is 0 Å². The lowest BCUT2D eigenvalue weighted by Gasteiger charge is -2.11. The Hall–Kier alpha value is -1.73. The fourth-order valence-electron chi connectivity index (χ4n) is 2.14. The summed E-state index contributed by atoms with van der Waals surface area (Å²) in [5, 5.41) is 4.38. The molecule has 0 amide bonds. The Morgan fingerprint density at radius 2 is 1.60 bits per heavy atom. The van der Waals surface area contributed by atoms with Crippen molar-refractivity contribution in [1.82, 2.24) is 9.78 Å². The molecule has 0 atom stereocenters. The molecule has 2 aromatic carbocycles. The molecular formula is C16H11Cl3N2O3S. The lowest BCUT2D eigenvalue weighted by Crippen LogP contribution is -2.13. The Kier molecular flexibility index (Phi) is 4.97. The van der Waals surface area contributed by atoms with Crippen molar-refractivity contribution in [3.63, 3.8) is 0 Å². The maximum atomic E-state index is 12.6. The summed E-state index contributed by atoms with van der Waals surface area (Å²) >= 11 is 17.7. The van der Waals surface area contributed by atoms with Gasteiger partial charge in [0.15, 0.2) is 0 Å². The van der Waals surface area contributed by atoms with Gasteiger partial charge < -0.3 is 4.18 Å². The Morgan fingerprint density at radius 3 is 2.28 bits per heavy atom. The predicted molar refractivity (Wildman–Crippen MR) is 97.6 cm³/mol. The highest BCUT2D eigenvalue weighted by Crippen LogP contribution is 2.33. The lowest BCUT2D eigenvalue weighted by molar-refractivity contribution is 0.465. The molecule has 0 fully saturated rings. The van der Waals surface area contributed by atoms with Crippen molar-refractivity contribution in [3.05, 3.63) is 69.3 Å². The van der Waals surface area contributed by atoms with Crippen LogP contribution < -0.4 is 4.18 Å². The average Bonchev–Trinajstić information content (AvgIpc) is 2.91. The maximum Gasteiger partial charge on any atom is 0.342 e. The average molecular weight is 418 g/mol. The van der Waals surface area contributed by atoms with Gasteiger partial charge in [-0.25, -0.2) is 0 Å². The Morgan fingerprint density at radius 1 is 0.960 bits per heavy atom. The van der Waals surface area contributed by atoms with Crippen LogP contribution in [0.25, 0.3) is 5.69 Å². The number of hydrogen-bond donors (Lipinski definition) is 0. The molecule has 25 heavy (non-hydrogen) atoms. The molecule has 1 heterocycles. The van der Waals surface area contributed by atoms with E-state index in [0.29, 0.717) is 11.4 Å². The van der Waals surface area contributed by atoms with Gasteiger partial charge in [0.2, 0.25) is 5.88 Å². The van der Waals surface area contributed by atoms with Crippen LogP contribution >= 0.6 is 34.8 Å². The van der Waals surface area contributed by atoms with Gasteiger partial charge in [-0.15, -0.1) is 0 Å². The zero-order valence-corrected chi connectivity index (χ0v) is 15.9. The largest absolute Gasteiger partial charge is 0.358 e.